The molecule has 1 saturated heterocycles. The van der Waals surface area contributed by atoms with Crippen molar-refractivity contribution >= 4 is 34.0 Å². The van der Waals surface area contributed by atoms with Gasteiger partial charge in [0.1, 0.15) is 5.82 Å². The number of fused-ring (bicyclic) bond motifs is 1. The number of nitrogens with one attached hydrogen (secondary N) is 2. The summed E-state index contributed by atoms with van der Waals surface area (Å²) in [7, 11) is 3.59. The summed E-state index contributed by atoms with van der Waals surface area (Å²) in [5.41, 5.74) is 2.83. The monoisotopic (exact) mass is 491 g/mol. The first-order valence-electron chi connectivity index (χ1n) is 12.5. The first kappa shape index (κ1) is 23.9. The minimum atomic E-state index is 0. The van der Waals surface area contributed by atoms with E-state index in [0.717, 1.165) is 41.0 Å². The molecule has 192 valence electrons. The van der Waals surface area contributed by atoms with Crippen molar-refractivity contribution in [1.82, 2.24) is 24.6 Å². The Morgan fingerprint density at radius 3 is 2.67 bits per heavy atom. The molecule has 9 nitrogen and oxygen atoms in total. The maximum Gasteiger partial charge on any atom is 0.229 e. The molecule has 0 atom stereocenters. The molecule has 2 aromatic carbocycles. The Hall–Kier alpha value is -3.85. The number of rotatable bonds is 10. The van der Waals surface area contributed by atoms with E-state index in [0.29, 0.717) is 24.1 Å². The van der Waals surface area contributed by atoms with Gasteiger partial charge in [-0.15, -0.1) is 0 Å². The van der Waals surface area contributed by atoms with Crippen LogP contribution in [0.1, 0.15) is 28.5 Å². The van der Waals surface area contributed by atoms with Gasteiger partial charge in [-0.1, -0.05) is 6.42 Å². The van der Waals surface area contributed by atoms with E-state index in [1.54, 1.807) is 13.3 Å². The Bertz CT molecular complexity index is 1310. The lowest BCUT2D eigenvalue weighted by Gasteiger charge is -2.26. The third-order valence-electron chi connectivity index (χ3n) is 6.42. The topological polar surface area (TPSA) is 89.4 Å². The minimum absolute atomic E-state index is 0. The Kier molecular flexibility index (Phi) is 7.47. The maximum atomic E-state index is 6.02. The molecule has 0 radical (unpaired) electrons. The van der Waals surface area contributed by atoms with Crippen molar-refractivity contribution in [2.24, 2.45) is 7.05 Å². The zero-order valence-electron chi connectivity index (χ0n) is 20.9. The van der Waals surface area contributed by atoms with Crippen LogP contribution >= 0.6 is 0 Å². The highest BCUT2D eigenvalue weighted by molar-refractivity contribution is 5.83. The summed E-state index contributed by atoms with van der Waals surface area (Å²) < 4.78 is 13.4. The normalized spacial score (nSPS) is 14.1. The summed E-state index contributed by atoms with van der Waals surface area (Å²) in [5.74, 6) is 2.59. The van der Waals surface area contributed by atoms with E-state index in [1.165, 1.54) is 32.4 Å². The van der Waals surface area contributed by atoms with Crippen LogP contribution in [-0.2, 0) is 7.05 Å². The highest BCUT2D eigenvalue weighted by Crippen LogP contribution is 2.31. The summed E-state index contributed by atoms with van der Waals surface area (Å²) in [6, 6.07) is 13.7. The van der Waals surface area contributed by atoms with Crippen LogP contribution in [0.3, 0.4) is 0 Å². The smallest absolute Gasteiger partial charge is 0.229 e. The fourth-order valence-electron chi connectivity index (χ4n) is 4.52. The lowest BCUT2D eigenvalue weighted by Crippen LogP contribution is -2.31. The second-order valence-corrected chi connectivity index (χ2v) is 9.03. The van der Waals surface area contributed by atoms with Crippen LogP contribution in [-0.4, -0.2) is 58.0 Å². The zero-order valence-corrected chi connectivity index (χ0v) is 20.9. The van der Waals surface area contributed by atoms with E-state index < -0.39 is 0 Å². The van der Waals surface area contributed by atoms with Gasteiger partial charge in [0.2, 0.25) is 5.95 Å². The summed E-state index contributed by atoms with van der Waals surface area (Å²) in [6.45, 7) is 4.17. The molecule has 2 N–H and O–H groups in total. The van der Waals surface area contributed by atoms with E-state index in [2.05, 4.69) is 30.6 Å². The van der Waals surface area contributed by atoms with Crippen molar-refractivity contribution in [3.05, 3.63) is 54.9 Å². The van der Waals surface area contributed by atoms with Gasteiger partial charge >= 0.3 is 0 Å². The second-order valence-electron chi connectivity index (χ2n) is 9.03. The molecule has 1 fully saturated rings. The van der Waals surface area contributed by atoms with Gasteiger partial charge in [-0.05, 0) is 68.8 Å². The van der Waals surface area contributed by atoms with Gasteiger partial charge in [0.25, 0.3) is 0 Å². The molecule has 9 heteroatoms. The first-order chi connectivity index (χ1) is 17.7. The summed E-state index contributed by atoms with van der Waals surface area (Å²) >= 11 is 0. The molecule has 1 aliphatic rings. The third-order valence-corrected chi connectivity index (χ3v) is 6.42. The van der Waals surface area contributed by atoms with Crippen LogP contribution in [0.2, 0.25) is 0 Å². The molecule has 0 bridgehead atoms. The number of benzene rings is 2. The molecule has 0 spiro atoms. The molecule has 5 rings (SSSR count). The highest BCUT2D eigenvalue weighted by atomic mass is 16.5. The van der Waals surface area contributed by atoms with Gasteiger partial charge < -0.3 is 25.0 Å². The molecule has 0 saturated carbocycles. The number of hydrogen-bond donors (Lipinski definition) is 2. The number of ether oxygens (including phenoxy) is 2. The van der Waals surface area contributed by atoms with Crippen LogP contribution in [0.4, 0.5) is 23.1 Å². The lowest BCUT2D eigenvalue weighted by atomic mass is 10.1. The summed E-state index contributed by atoms with van der Waals surface area (Å²) in [6.07, 6.45) is 8.56. The number of anilines is 4. The van der Waals surface area contributed by atoms with Gasteiger partial charge in [0, 0.05) is 45.5 Å². The van der Waals surface area contributed by atoms with Gasteiger partial charge in [0.15, 0.2) is 11.5 Å². The molecule has 0 amide bonds. The van der Waals surface area contributed by atoms with Crippen molar-refractivity contribution in [3.63, 3.8) is 0 Å². The van der Waals surface area contributed by atoms with E-state index in [-0.39, 0.29) is 2.85 Å². The van der Waals surface area contributed by atoms with Crippen molar-refractivity contribution in [2.45, 2.75) is 25.7 Å². The number of aryl methyl sites for hydroxylation is 1. The Morgan fingerprint density at radius 2 is 1.81 bits per heavy atom. The second kappa shape index (κ2) is 11.3. The fourth-order valence-corrected chi connectivity index (χ4v) is 4.52. The maximum absolute atomic E-state index is 6.02. The van der Waals surface area contributed by atoms with E-state index in [4.69, 9.17) is 9.47 Å². The van der Waals surface area contributed by atoms with E-state index >= 15 is 0 Å². The summed E-state index contributed by atoms with van der Waals surface area (Å²) in [5, 5.41) is 12.0. The van der Waals surface area contributed by atoms with Gasteiger partial charge in [-0.3, -0.25) is 4.68 Å². The van der Waals surface area contributed by atoms with E-state index in [1.807, 2.05) is 60.4 Å². The third kappa shape index (κ3) is 5.85. The number of likely N-dealkylation sites (tertiary alicyclic amines) is 1. The van der Waals surface area contributed by atoms with Crippen molar-refractivity contribution < 1.29 is 12.3 Å². The van der Waals surface area contributed by atoms with Crippen molar-refractivity contribution in [3.8, 4) is 11.5 Å². The minimum Gasteiger partial charge on any atom is -0.493 e. The molecule has 36 heavy (non-hydrogen) atoms. The van der Waals surface area contributed by atoms with Crippen LogP contribution in [0.15, 0.2) is 54.9 Å². The number of methoxy groups -OCH3 is 1. The molecule has 0 unspecified atom stereocenters. The number of hydrogen-bond acceptors (Lipinski definition) is 8. The SMILES string of the molecule is COc1cc(Nc2nccc(Nc3ccc4c(cnn4C)c3)n2)ccc1OCCCN1CCCCC1.[HH].[HH]. The lowest BCUT2D eigenvalue weighted by molar-refractivity contribution is 0.203. The molecule has 4 aromatic rings. The predicted molar refractivity (Wildman–Crippen MR) is 147 cm³/mol. The largest absolute Gasteiger partial charge is 0.493 e. The molecular formula is C27H37N7O2. The fraction of sp³-hybridized carbons (Fsp3) is 0.370. The highest BCUT2D eigenvalue weighted by Gasteiger charge is 2.11. The molecule has 0 aliphatic carbocycles. The van der Waals surface area contributed by atoms with Gasteiger partial charge in [0.05, 0.1) is 25.4 Å². The Labute approximate surface area is 214 Å². The summed E-state index contributed by atoms with van der Waals surface area (Å²) in [4.78, 5) is 11.5. The zero-order chi connectivity index (χ0) is 24.7. The van der Waals surface area contributed by atoms with Crippen LogP contribution in [0.25, 0.3) is 10.9 Å². The standard InChI is InChI=1S/C27H33N7O2.2H2/c1-33-23-9-7-21(17-20(23)19-29-33)30-26-11-12-28-27(32-26)31-22-8-10-24(25(18-22)35-2)36-16-6-15-34-13-4-3-5-14-34;;/h7-12,17-19H,3-6,13-16H2,1-2H3,(H2,28,30,31,32);2*1H. The molecular weight excluding hydrogens is 454 g/mol. The number of nitrogens with zero attached hydrogens (tertiary/aromatic N) is 5. The van der Waals surface area contributed by atoms with Gasteiger partial charge in [-0.2, -0.15) is 10.1 Å². The van der Waals surface area contributed by atoms with Gasteiger partial charge in [-0.25, -0.2) is 4.98 Å². The Balaban J connectivity index is 0.00000200. The van der Waals surface area contributed by atoms with Crippen LogP contribution < -0.4 is 20.1 Å². The van der Waals surface area contributed by atoms with E-state index in [9.17, 15) is 0 Å². The Morgan fingerprint density at radius 1 is 0.972 bits per heavy atom. The van der Waals surface area contributed by atoms with Crippen molar-refractivity contribution in [1.29, 1.82) is 0 Å². The average molecular weight is 492 g/mol. The first-order valence-corrected chi connectivity index (χ1v) is 12.5. The number of aromatic nitrogens is 4. The molecule has 1 aliphatic heterocycles. The molecule has 2 aromatic heterocycles. The number of piperidine rings is 1. The average Bonchev–Trinajstić information content (AvgIpc) is 3.27. The van der Waals surface area contributed by atoms with Crippen LogP contribution in [0.5, 0.6) is 11.5 Å². The quantitative estimate of drug-likeness (QED) is 0.277. The van der Waals surface area contributed by atoms with Crippen LogP contribution in [0, 0.1) is 0 Å². The van der Waals surface area contributed by atoms with Crippen molar-refractivity contribution in [2.75, 3.05) is 44.0 Å². The molecule has 3 heterocycles. The predicted octanol–water partition coefficient (Wildman–Crippen LogP) is 5.61.